The van der Waals surface area contributed by atoms with Gasteiger partial charge in [-0.05, 0) is 12.8 Å². The van der Waals surface area contributed by atoms with Gasteiger partial charge in [-0.1, -0.05) is 0 Å². The van der Waals surface area contributed by atoms with Crippen LogP contribution in [0.25, 0.3) is 0 Å². The number of hydrazine groups is 1. The highest BCUT2D eigenvalue weighted by Crippen LogP contribution is 2.40. The van der Waals surface area contributed by atoms with Crippen molar-refractivity contribution in [2.24, 2.45) is 5.84 Å². The lowest BCUT2D eigenvalue weighted by molar-refractivity contribution is 0.0693. The molecule has 1 unspecified atom stereocenters. The molecule has 1 atom stereocenters. The van der Waals surface area contributed by atoms with Crippen LogP contribution < -0.4 is 11.3 Å². The second kappa shape index (κ2) is 4.80. The van der Waals surface area contributed by atoms with Crippen LogP contribution in [0.15, 0.2) is 6.07 Å². The van der Waals surface area contributed by atoms with E-state index in [2.05, 4.69) is 15.4 Å². The normalized spacial score (nSPS) is 24.6. The molecule has 0 aromatic carbocycles. The molecule has 1 aliphatic carbocycles. The average molecular weight is 252 g/mol. The van der Waals surface area contributed by atoms with Crippen molar-refractivity contribution in [2.75, 3.05) is 23.5 Å². The number of rotatable bonds is 3. The van der Waals surface area contributed by atoms with Crippen LogP contribution in [0.4, 0.5) is 5.82 Å². The third kappa shape index (κ3) is 2.53. The summed E-state index contributed by atoms with van der Waals surface area (Å²) in [6.45, 7) is 0.776. The third-order valence-corrected chi connectivity index (χ3v) is 4.00. The molecule has 2 aliphatic rings. The molecule has 2 heterocycles. The number of ether oxygens (including phenoxy) is 1. The Morgan fingerprint density at radius 3 is 2.94 bits per heavy atom. The first-order valence-corrected chi connectivity index (χ1v) is 7.07. The molecule has 92 valence electrons. The molecular weight excluding hydrogens is 236 g/mol. The van der Waals surface area contributed by atoms with E-state index in [1.807, 2.05) is 17.8 Å². The van der Waals surface area contributed by atoms with E-state index in [0.717, 1.165) is 29.6 Å². The van der Waals surface area contributed by atoms with E-state index in [1.54, 1.807) is 0 Å². The Kier molecular flexibility index (Phi) is 3.17. The zero-order valence-corrected chi connectivity index (χ0v) is 10.4. The van der Waals surface area contributed by atoms with Gasteiger partial charge < -0.3 is 10.2 Å². The fourth-order valence-corrected chi connectivity index (χ4v) is 2.77. The molecule has 5 nitrogen and oxygen atoms in total. The highest BCUT2D eigenvalue weighted by atomic mass is 32.2. The summed E-state index contributed by atoms with van der Waals surface area (Å²) in [7, 11) is 0. The van der Waals surface area contributed by atoms with Gasteiger partial charge in [0, 0.05) is 29.2 Å². The molecule has 0 amide bonds. The minimum Gasteiger partial charge on any atom is -0.368 e. The first-order chi connectivity index (χ1) is 8.36. The van der Waals surface area contributed by atoms with Crippen molar-refractivity contribution in [3.05, 3.63) is 17.6 Å². The van der Waals surface area contributed by atoms with Crippen LogP contribution in [-0.4, -0.2) is 28.1 Å². The quantitative estimate of drug-likeness (QED) is 0.626. The minimum atomic E-state index is 0.0135. The first-order valence-electron chi connectivity index (χ1n) is 5.91. The Hall–Kier alpha value is -0.850. The van der Waals surface area contributed by atoms with Gasteiger partial charge >= 0.3 is 0 Å². The Morgan fingerprint density at radius 2 is 2.29 bits per heavy atom. The predicted octanol–water partition coefficient (Wildman–Crippen LogP) is 1.44. The molecule has 3 N–H and O–H groups in total. The van der Waals surface area contributed by atoms with Gasteiger partial charge in [-0.3, -0.25) is 0 Å². The summed E-state index contributed by atoms with van der Waals surface area (Å²) >= 11 is 1.88. The van der Waals surface area contributed by atoms with Gasteiger partial charge in [0.1, 0.15) is 11.9 Å². The summed E-state index contributed by atoms with van der Waals surface area (Å²) in [6, 6.07) is 1.94. The third-order valence-electron chi connectivity index (χ3n) is 3.01. The molecule has 1 aromatic heterocycles. The zero-order valence-electron chi connectivity index (χ0n) is 9.56. The van der Waals surface area contributed by atoms with E-state index in [4.69, 9.17) is 10.6 Å². The van der Waals surface area contributed by atoms with Crippen molar-refractivity contribution in [1.29, 1.82) is 0 Å². The van der Waals surface area contributed by atoms with Gasteiger partial charge in [0.25, 0.3) is 0 Å². The summed E-state index contributed by atoms with van der Waals surface area (Å²) in [6.07, 6.45) is 2.46. The number of hydrogen-bond acceptors (Lipinski definition) is 6. The number of nitrogens with one attached hydrogen (secondary N) is 1. The van der Waals surface area contributed by atoms with Crippen molar-refractivity contribution in [3.63, 3.8) is 0 Å². The number of nitrogens with zero attached hydrogens (tertiary/aromatic N) is 2. The van der Waals surface area contributed by atoms with Crippen LogP contribution in [0.5, 0.6) is 0 Å². The Balaban J connectivity index is 1.88. The second-order valence-corrected chi connectivity index (χ2v) is 5.54. The lowest BCUT2D eigenvalue weighted by Crippen LogP contribution is -2.20. The molecule has 0 radical (unpaired) electrons. The van der Waals surface area contributed by atoms with Crippen molar-refractivity contribution in [2.45, 2.75) is 24.9 Å². The van der Waals surface area contributed by atoms with E-state index in [-0.39, 0.29) is 6.10 Å². The average Bonchev–Trinajstić information content (AvgIpc) is 3.23. The summed E-state index contributed by atoms with van der Waals surface area (Å²) < 4.78 is 5.70. The fraction of sp³-hybridized carbons (Fsp3) is 0.636. The number of aromatic nitrogens is 2. The zero-order chi connectivity index (χ0) is 11.7. The highest BCUT2D eigenvalue weighted by molar-refractivity contribution is 7.99. The Morgan fingerprint density at radius 1 is 1.41 bits per heavy atom. The van der Waals surface area contributed by atoms with E-state index >= 15 is 0 Å². The molecule has 1 saturated carbocycles. The molecule has 2 fully saturated rings. The van der Waals surface area contributed by atoms with Gasteiger partial charge in [0.2, 0.25) is 0 Å². The van der Waals surface area contributed by atoms with E-state index in [9.17, 15) is 0 Å². The smallest absolute Gasteiger partial charge is 0.160 e. The summed E-state index contributed by atoms with van der Waals surface area (Å²) in [5.74, 6) is 9.50. The Labute approximate surface area is 105 Å². The van der Waals surface area contributed by atoms with Crippen LogP contribution in [-0.2, 0) is 4.74 Å². The molecule has 6 heteroatoms. The van der Waals surface area contributed by atoms with Crippen molar-refractivity contribution in [1.82, 2.24) is 9.97 Å². The van der Waals surface area contributed by atoms with Crippen LogP contribution >= 0.6 is 11.8 Å². The minimum absolute atomic E-state index is 0.0135. The molecule has 0 bridgehead atoms. The van der Waals surface area contributed by atoms with E-state index in [0.29, 0.717) is 11.7 Å². The monoisotopic (exact) mass is 252 g/mol. The lowest BCUT2D eigenvalue weighted by atomic mass is 10.2. The standard InChI is InChI=1S/C11H16N4OS/c12-15-10-5-8(7-1-2-7)13-11(14-10)9-6-17-4-3-16-9/h5,7,9H,1-4,6,12H2,(H,13,14,15). The van der Waals surface area contributed by atoms with Crippen molar-refractivity contribution >= 4 is 17.6 Å². The van der Waals surface area contributed by atoms with Crippen LogP contribution in [0.3, 0.4) is 0 Å². The lowest BCUT2D eigenvalue weighted by Gasteiger charge is -2.21. The van der Waals surface area contributed by atoms with Gasteiger partial charge in [0.15, 0.2) is 5.82 Å². The van der Waals surface area contributed by atoms with Crippen LogP contribution in [0.1, 0.15) is 36.4 Å². The van der Waals surface area contributed by atoms with Crippen molar-refractivity contribution in [3.8, 4) is 0 Å². The molecule has 1 saturated heterocycles. The number of thioether (sulfide) groups is 1. The molecule has 0 spiro atoms. The maximum Gasteiger partial charge on any atom is 0.160 e. The number of anilines is 1. The summed E-state index contributed by atoms with van der Waals surface area (Å²) in [5, 5.41) is 0. The first kappa shape index (κ1) is 11.3. The number of nitrogens with two attached hydrogens (primary N) is 1. The van der Waals surface area contributed by atoms with E-state index < -0.39 is 0 Å². The topological polar surface area (TPSA) is 73.1 Å². The maximum atomic E-state index is 5.70. The van der Waals surface area contributed by atoms with Crippen LogP contribution in [0.2, 0.25) is 0 Å². The van der Waals surface area contributed by atoms with Gasteiger partial charge in [-0.15, -0.1) is 0 Å². The summed E-state index contributed by atoms with van der Waals surface area (Å²) in [4.78, 5) is 9.02. The maximum absolute atomic E-state index is 5.70. The molecule has 1 aliphatic heterocycles. The number of nitrogen functional groups attached to an aromatic ring is 1. The largest absolute Gasteiger partial charge is 0.368 e. The Bertz CT molecular complexity index is 404. The molecule has 1 aromatic rings. The number of hydrogen-bond donors (Lipinski definition) is 2. The fourth-order valence-electron chi connectivity index (χ4n) is 1.93. The van der Waals surface area contributed by atoms with Gasteiger partial charge in [0.05, 0.1) is 6.61 Å². The van der Waals surface area contributed by atoms with Crippen LogP contribution in [0, 0.1) is 0 Å². The second-order valence-electron chi connectivity index (χ2n) is 4.39. The van der Waals surface area contributed by atoms with Crippen molar-refractivity contribution < 1.29 is 4.74 Å². The van der Waals surface area contributed by atoms with Gasteiger partial charge in [-0.2, -0.15) is 11.8 Å². The van der Waals surface area contributed by atoms with Gasteiger partial charge in [-0.25, -0.2) is 15.8 Å². The SMILES string of the molecule is NNc1cc(C2CC2)nc(C2CSCCO2)n1. The summed E-state index contributed by atoms with van der Waals surface area (Å²) in [5.41, 5.74) is 3.72. The molecule has 17 heavy (non-hydrogen) atoms. The highest BCUT2D eigenvalue weighted by Gasteiger charge is 2.28. The molecule has 3 rings (SSSR count). The predicted molar refractivity (Wildman–Crippen MR) is 67.8 cm³/mol. The molecular formula is C11H16N4OS. The van der Waals surface area contributed by atoms with E-state index in [1.165, 1.54) is 12.8 Å².